The highest BCUT2D eigenvalue weighted by Gasteiger charge is 2.22. The lowest BCUT2D eigenvalue weighted by Gasteiger charge is -2.09. The summed E-state index contributed by atoms with van der Waals surface area (Å²) in [5.74, 6) is -0.742. The van der Waals surface area contributed by atoms with Gasteiger partial charge in [-0.05, 0) is 18.2 Å². The standard InChI is InChI=1S/C10H14N2O4S/c1-3-12-17(14,15)9-5-4-7(11)6-8(9)10(13)16-2/h4-6,12H,3,11H2,1-2H3. The average molecular weight is 258 g/mol. The number of sulfonamides is 1. The molecule has 6 nitrogen and oxygen atoms in total. The van der Waals surface area contributed by atoms with Crippen molar-refractivity contribution in [2.24, 2.45) is 0 Å². The summed E-state index contributed by atoms with van der Waals surface area (Å²) in [5.41, 5.74) is 5.73. The molecule has 0 amide bonds. The predicted octanol–water partition coefficient (Wildman–Crippen LogP) is 0.354. The molecule has 17 heavy (non-hydrogen) atoms. The minimum Gasteiger partial charge on any atom is -0.465 e. The van der Waals surface area contributed by atoms with Gasteiger partial charge in [0.15, 0.2) is 0 Å². The smallest absolute Gasteiger partial charge is 0.339 e. The van der Waals surface area contributed by atoms with E-state index in [4.69, 9.17) is 5.73 Å². The summed E-state index contributed by atoms with van der Waals surface area (Å²) in [7, 11) is -2.54. The fraction of sp³-hybridized carbons (Fsp3) is 0.300. The molecule has 0 spiro atoms. The highest BCUT2D eigenvalue weighted by molar-refractivity contribution is 7.89. The molecule has 0 unspecified atom stereocenters. The van der Waals surface area contributed by atoms with E-state index in [1.807, 2.05) is 0 Å². The van der Waals surface area contributed by atoms with Crippen LogP contribution in [0.4, 0.5) is 5.69 Å². The predicted molar refractivity (Wildman–Crippen MR) is 63.1 cm³/mol. The summed E-state index contributed by atoms with van der Waals surface area (Å²) < 4.78 is 30.5. The molecule has 0 saturated heterocycles. The van der Waals surface area contributed by atoms with Gasteiger partial charge >= 0.3 is 5.97 Å². The van der Waals surface area contributed by atoms with E-state index >= 15 is 0 Å². The number of methoxy groups -OCH3 is 1. The van der Waals surface area contributed by atoms with Crippen molar-refractivity contribution in [3.63, 3.8) is 0 Å². The number of rotatable bonds is 4. The number of nitrogens with two attached hydrogens (primary N) is 1. The maximum Gasteiger partial charge on any atom is 0.339 e. The van der Waals surface area contributed by atoms with E-state index in [0.717, 1.165) is 0 Å². The van der Waals surface area contributed by atoms with Crippen LogP contribution in [-0.2, 0) is 14.8 Å². The van der Waals surface area contributed by atoms with E-state index < -0.39 is 16.0 Å². The third kappa shape index (κ3) is 2.95. The van der Waals surface area contributed by atoms with Crippen LogP contribution in [0.5, 0.6) is 0 Å². The summed E-state index contributed by atoms with van der Waals surface area (Å²) in [4.78, 5) is 11.3. The Balaban J connectivity index is 3.38. The van der Waals surface area contributed by atoms with Crippen LogP contribution in [0.1, 0.15) is 17.3 Å². The zero-order valence-electron chi connectivity index (χ0n) is 9.56. The quantitative estimate of drug-likeness (QED) is 0.600. The van der Waals surface area contributed by atoms with E-state index in [9.17, 15) is 13.2 Å². The van der Waals surface area contributed by atoms with Gasteiger partial charge in [0.2, 0.25) is 10.0 Å². The number of esters is 1. The molecule has 0 aliphatic rings. The number of anilines is 1. The van der Waals surface area contributed by atoms with Gasteiger partial charge in [-0.25, -0.2) is 17.9 Å². The summed E-state index contributed by atoms with van der Waals surface area (Å²) in [5, 5.41) is 0. The molecular formula is C10H14N2O4S. The van der Waals surface area contributed by atoms with Gasteiger partial charge in [0.25, 0.3) is 0 Å². The van der Waals surface area contributed by atoms with Crippen molar-refractivity contribution in [3.8, 4) is 0 Å². The first-order valence-corrected chi connectivity index (χ1v) is 6.38. The van der Waals surface area contributed by atoms with Crippen molar-refractivity contribution in [3.05, 3.63) is 23.8 Å². The second kappa shape index (κ2) is 5.15. The molecule has 1 aromatic rings. The van der Waals surface area contributed by atoms with Crippen molar-refractivity contribution in [2.45, 2.75) is 11.8 Å². The number of carbonyl (C=O) groups is 1. The molecule has 94 valence electrons. The van der Waals surface area contributed by atoms with Crippen LogP contribution in [0, 0.1) is 0 Å². The van der Waals surface area contributed by atoms with Crippen molar-refractivity contribution in [1.29, 1.82) is 0 Å². The molecule has 0 radical (unpaired) electrons. The molecule has 0 aliphatic carbocycles. The Hall–Kier alpha value is -1.60. The number of hydrogen-bond donors (Lipinski definition) is 2. The largest absolute Gasteiger partial charge is 0.465 e. The van der Waals surface area contributed by atoms with E-state index in [2.05, 4.69) is 9.46 Å². The normalized spacial score (nSPS) is 11.2. The molecule has 3 N–H and O–H groups in total. The topological polar surface area (TPSA) is 98.5 Å². The minimum atomic E-state index is -3.72. The maximum atomic E-state index is 11.8. The zero-order chi connectivity index (χ0) is 13.1. The lowest BCUT2D eigenvalue weighted by Crippen LogP contribution is -2.25. The summed E-state index contributed by atoms with van der Waals surface area (Å²) in [6.07, 6.45) is 0. The lowest BCUT2D eigenvalue weighted by atomic mass is 10.2. The second-order valence-electron chi connectivity index (χ2n) is 3.25. The van der Waals surface area contributed by atoms with Crippen LogP contribution < -0.4 is 10.5 Å². The minimum absolute atomic E-state index is 0.0755. The van der Waals surface area contributed by atoms with E-state index in [1.54, 1.807) is 6.92 Å². The van der Waals surface area contributed by atoms with Gasteiger partial charge in [-0.15, -0.1) is 0 Å². The SMILES string of the molecule is CCNS(=O)(=O)c1ccc(N)cc1C(=O)OC. The zero-order valence-corrected chi connectivity index (χ0v) is 10.4. The van der Waals surface area contributed by atoms with E-state index in [0.29, 0.717) is 5.69 Å². The first-order chi connectivity index (χ1) is 7.92. The van der Waals surface area contributed by atoms with Gasteiger partial charge in [0, 0.05) is 12.2 Å². The molecule has 0 aromatic heterocycles. The Morgan fingerprint density at radius 1 is 1.47 bits per heavy atom. The van der Waals surface area contributed by atoms with Crippen LogP contribution in [0.2, 0.25) is 0 Å². The summed E-state index contributed by atoms with van der Waals surface area (Å²) in [6, 6.07) is 3.96. The number of benzene rings is 1. The number of nitrogens with one attached hydrogen (secondary N) is 1. The van der Waals surface area contributed by atoms with Gasteiger partial charge in [-0.2, -0.15) is 0 Å². The van der Waals surface area contributed by atoms with Gasteiger partial charge in [0.1, 0.15) is 0 Å². The number of hydrogen-bond acceptors (Lipinski definition) is 5. The van der Waals surface area contributed by atoms with Crippen LogP contribution in [0.3, 0.4) is 0 Å². The van der Waals surface area contributed by atoms with Gasteiger partial charge < -0.3 is 10.5 Å². The van der Waals surface area contributed by atoms with Crippen molar-refractivity contribution < 1.29 is 17.9 Å². The lowest BCUT2D eigenvalue weighted by molar-refractivity contribution is 0.0596. The molecule has 0 heterocycles. The van der Waals surface area contributed by atoms with Crippen LogP contribution in [0.25, 0.3) is 0 Å². The Bertz CT molecular complexity index is 525. The molecule has 7 heteroatoms. The Labute approximate surface area is 99.8 Å². The van der Waals surface area contributed by atoms with E-state index in [1.165, 1.54) is 25.3 Å². The molecule has 0 aliphatic heterocycles. The van der Waals surface area contributed by atoms with Crippen molar-refractivity contribution in [2.75, 3.05) is 19.4 Å². The number of ether oxygens (including phenoxy) is 1. The highest BCUT2D eigenvalue weighted by Crippen LogP contribution is 2.19. The molecule has 0 saturated carbocycles. The van der Waals surface area contributed by atoms with E-state index in [-0.39, 0.29) is 17.0 Å². The number of carbonyl (C=O) groups excluding carboxylic acids is 1. The third-order valence-corrected chi connectivity index (χ3v) is 3.64. The van der Waals surface area contributed by atoms with Gasteiger partial charge in [-0.1, -0.05) is 6.92 Å². The Kier molecular flexibility index (Phi) is 4.08. The van der Waals surface area contributed by atoms with Gasteiger partial charge in [0.05, 0.1) is 17.6 Å². The first-order valence-electron chi connectivity index (χ1n) is 4.90. The monoisotopic (exact) mass is 258 g/mol. The van der Waals surface area contributed by atoms with Crippen LogP contribution >= 0.6 is 0 Å². The highest BCUT2D eigenvalue weighted by atomic mass is 32.2. The average Bonchev–Trinajstić information content (AvgIpc) is 2.27. The van der Waals surface area contributed by atoms with Crippen molar-refractivity contribution in [1.82, 2.24) is 4.72 Å². The summed E-state index contributed by atoms with van der Waals surface area (Å²) in [6.45, 7) is 1.87. The summed E-state index contributed by atoms with van der Waals surface area (Å²) >= 11 is 0. The van der Waals surface area contributed by atoms with Crippen molar-refractivity contribution >= 4 is 21.7 Å². The maximum absolute atomic E-state index is 11.8. The fourth-order valence-electron chi connectivity index (χ4n) is 1.32. The Morgan fingerprint density at radius 2 is 2.12 bits per heavy atom. The molecular weight excluding hydrogens is 244 g/mol. The molecule has 0 atom stereocenters. The second-order valence-corrected chi connectivity index (χ2v) is 4.98. The fourth-order valence-corrected chi connectivity index (χ4v) is 2.53. The van der Waals surface area contributed by atoms with Crippen LogP contribution in [-0.4, -0.2) is 28.0 Å². The molecule has 1 aromatic carbocycles. The molecule has 0 bridgehead atoms. The Morgan fingerprint density at radius 3 is 2.65 bits per heavy atom. The van der Waals surface area contributed by atoms with Crippen LogP contribution in [0.15, 0.2) is 23.1 Å². The molecule has 1 rings (SSSR count). The van der Waals surface area contributed by atoms with Gasteiger partial charge in [-0.3, -0.25) is 0 Å². The third-order valence-electron chi connectivity index (χ3n) is 2.03. The number of nitrogen functional groups attached to an aromatic ring is 1. The first kappa shape index (κ1) is 13.5. The molecule has 0 fully saturated rings.